The van der Waals surface area contributed by atoms with E-state index in [1.54, 1.807) is 14.2 Å². The van der Waals surface area contributed by atoms with Crippen LogP contribution >= 0.6 is 0 Å². The first-order valence-electron chi connectivity index (χ1n) is 9.85. The lowest BCUT2D eigenvalue weighted by molar-refractivity contribution is -0.141. The van der Waals surface area contributed by atoms with Gasteiger partial charge in [0.2, 0.25) is 0 Å². The Morgan fingerprint density at radius 2 is 1.88 bits per heavy atom. The van der Waals surface area contributed by atoms with Gasteiger partial charge < -0.3 is 14.0 Å². The summed E-state index contributed by atoms with van der Waals surface area (Å²) in [5.74, 6) is 0.215. The van der Waals surface area contributed by atoms with E-state index in [1.165, 1.54) is 23.8 Å². The van der Waals surface area contributed by atoms with E-state index in [2.05, 4.69) is 15.0 Å². The molecule has 0 radical (unpaired) electrons. The fourth-order valence-corrected chi connectivity index (χ4v) is 4.55. The average molecular weight is 470 g/mol. The molecule has 0 amide bonds. The summed E-state index contributed by atoms with van der Waals surface area (Å²) in [6.45, 7) is 1.50. The lowest BCUT2D eigenvalue weighted by Gasteiger charge is -2.34. The number of fused-ring (bicyclic) bond motifs is 1. The van der Waals surface area contributed by atoms with Gasteiger partial charge in [-0.25, -0.2) is 23.4 Å². The maximum atomic E-state index is 13.0. The predicted octanol–water partition coefficient (Wildman–Crippen LogP) is 3.40. The third-order valence-corrected chi connectivity index (χ3v) is 7.24. The molecule has 0 aromatic carbocycles. The summed E-state index contributed by atoms with van der Waals surface area (Å²) in [5, 5.41) is 0. The van der Waals surface area contributed by atoms with Gasteiger partial charge in [-0.3, -0.25) is 0 Å². The Kier molecular flexibility index (Phi) is 5.61. The van der Waals surface area contributed by atoms with Crippen LogP contribution < -0.4 is 4.74 Å². The fourth-order valence-electron chi connectivity index (χ4n) is 3.51. The van der Waals surface area contributed by atoms with Crippen molar-refractivity contribution in [1.82, 2.24) is 19.5 Å². The van der Waals surface area contributed by atoms with E-state index in [4.69, 9.17) is 9.47 Å². The number of alkyl halides is 3. The van der Waals surface area contributed by atoms with Crippen molar-refractivity contribution in [1.29, 1.82) is 0 Å². The van der Waals surface area contributed by atoms with Crippen molar-refractivity contribution in [3.05, 3.63) is 30.2 Å². The molecule has 1 aliphatic rings. The number of aryl methyl sites for hydroxylation is 1. The molecule has 1 fully saturated rings. The molecule has 0 aliphatic heterocycles. The molecule has 172 valence electrons. The normalized spacial score (nSPS) is 19.2. The third-order valence-electron chi connectivity index (χ3n) is 5.50. The summed E-state index contributed by atoms with van der Waals surface area (Å²) in [7, 11) is -0.560. The molecule has 0 saturated heterocycles. The second-order valence-electron chi connectivity index (χ2n) is 7.54. The molecular formula is C20H21F3N4O4S. The summed E-state index contributed by atoms with van der Waals surface area (Å²) in [6, 6.07) is 2.22. The number of imidazole rings is 1. The molecule has 0 spiro atoms. The molecule has 1 aliphatic carbocycles. The fraction of sp³-hybridized carbons (Fsp3) is 0.450. The molecule has 12 heteroatoms. The summed E-state index contributed by atoms with van der Waals surface area (Å²) < 4.78 is 77.2. The van der Waals surface area contributed by atoms with E-state index in [0.717, 1.165) is 12.3 Å². The summed E-state index contributed by atoms with van der Waals surface area (Å²) in [6.07, 6.45) is -0.788. The minimum Gasteiger partial charge on any atom is -0.489 e. The van der Waals surface area contributed by atoms with Gasteiger partial charge in [-0.1, -0.05) is 6.92 Å². The maximum Gasteiger partial charge on any atom is 0.433 e. The van der Waals surface area contributed by atoms with Crippen molar-refractivity contribution in [3.63, 3.8) is 0 Å². The van der Waals surface area contributed by atoms with Crippen LogP contribution in [0.1, 0.15) is 25.5 Å². The second kappa shape index (κ2) is 8.00. The van der Waals surface area contributed by atoms with Gasteiger partial charge in [-0.2, -0.15) is 13.2 Å². The van der Waals surface area contributed by atoms with Crippen molar-refractivity contribution in [3.8, 4) is 17.3 Å². The highest BCUT2D eigenvalue weighted by Gasteiger charge is 2.34. The van der Waals surface area contributed by atoms with Crippen LogP contribution in [0.2, 0.25) is 0 Å². The summed E-state index contributed by atoms with van der Waals surface area (Å²) >= 11 is 0. The number of hydrogen-bond donors (Lipinski definition) is 0. The molecule has 0 atom stereocenters. The highest BCUT2D eigenvalue weighted by atomic mass is 32.2. The molecule has 0 bridgehead atoms. The maximum absolute atomic E-state index is 13.0. The molecule has 8 nitrogen and oxygen atoms in total. The van der Waals surface area contributed by atoms with Crippen LogP contribution in [-0.2, 0) is 27.8 Å². The molecule has 1 saturated carbocycles. The number of pyridine rings is 2. The van der Waals surface area contributed by atoms with E-state index in [0.29, 0.717) is 24.1 Å². The van der Waals surface area contributed by atoms with E-state index in [9.17, 15) is 21.6 Å². The van der Waals surface area contributed by atoms with Crippen LogP contribution in [0.5, 0.6) is 5.75 Å². The van der Waals surface area contributed by atoms with E-state index in [1.807, 2.05) is 0 Å². The van der Waals surface area contributed by atoms with Crippen LogP contribution in [0.25, 0.3) is 22.6 Å². The van der Waals surface area contributed by atoms with Crippen molar-refractivity contribution in [2.24, 2.45) is 7.05 Å². The topological polar surface area (TPSA) is 96.2 Å². The van der Waals surface area contributed by atoms with Gasteiger partial charge in [-0.15, -0.1) is 0 Å². The number of nitrogens with zero attached hydrogens (tertiary/aromatic N) is 4. The number of ether oxygens (including phenoxy) is 2. The van der Waals surface area contributed by atoms with E-state index < -0.39 is 21.7 Å². The molecular weight excluding hydrogens is 449 g/mol. The zero-order chi connectivity index (χ0) is 23.3. The van der Waals surface area contributed by atoms with Gasteiger partial charge in [0.05, 0.1) is 35.3 Å². The highest BCUT2D eigenvalue weighted by Crippen LogP contribution is 2.34. The predicted molar refractivity (Wildman–Crippen MR) is 109 cm³/mol. The Bertz CT molecular complexity index is 1270. The number of rotatable bonds is 6. The smallest absolute Gasteiger partial charge is 0.433 e. The zero-order valence-electron chi connectivity index (χ0n) is 17.5. The van der Waals surface area contributed by atoms with Crippen LogP contribution in [0.4, 0.5) is 13.2 Å². The Morgan fingerprint density at radius 1 is 1.16 bits per heavy atom. The summed E-state index contributed by atoms with van der Waals surface area (Å²) in [4.78, 5) is 11.9. The Balaban J connectivity index is 1.78. The van der Waals surface area contributed by atoms with Crippen molar-refractivity contribution in [2.75, 3.05) is 12.9 Å². The standard InChI is InChI=1S/C20H21F3N4O4S/c1-4-32(28,29)16-7-13(31-12-5-11(6-12)30-3)9-25-18(16)19-26-14-8-17(20(21,22)23)24-10-15(14)27(19)2/h7-12H,4-6H2,1-3H3/t11-,12-. The van der Waals surface area contributed by atoms with Crippen LogP contribution in [0.15, 0.2) is 29.4 Å². The molecule has 4 rings (SSSR count). The van der Waals surface area contributed by atoms with Crippen LogP contribution in [0, 0.1) is 0 Å². The number of halogens is 3. The van der Waals surface area contributed by atoms with Crippen molar-refractivity contribution >= 4 is 20.9 Å². The molecule has 0 unspecified atom stereocenters. The summed E-state index contributed by atoms with van der Waals surface area (Å²) in [5.41, 5.74) is -0.695. The van der Waals surface area contributed by atoms with Gasteiger partial charge in [-0.05, 0) is 6.07 Å². The average Bonchev–Trinajstić information content (AvgIpc) is 3.05. The Morgan fingerprint density at radius 3 is 2.50 bits per heavy atom. The molecule has 3 aromatic heterocycles. The lowest BCUT2D eigenvalue weighted by Crippen LogP contribution is -2.38. The monoisotopic (exact) mass is 470 g/mol. The number of methoxy groups -OCH3 is 1. The number of sulfone groups is 1. The first kappa shape index (κ1) is 22.5. The zero-order valence-corrected chi connectivity index (χ0v) is 18.4. The number of aromatic nitrogens is 4. The molecule has 3 aromatic rings. The van der Waals surface area contributed by atoms with Crippen LogP contribution in [-0.4, -0.2) is 53.0 Å². The van der Waals surface area contributed by atoms with Crippen LogP contribution in [0.3, 0.4) is 0 Å². The third kappa shape index (κ3) is 4.04. The highest BCUT2D eigenvalue weighted by molar-refractivity contribution is 7.91. The first-order chi connectivity index (χ1) is 15.0. The minimum atomic E-state index is -4.62. The van der Waals surface area contributed by atoms with Crippen molar-refractivity contribution < 1.29 is 31.1 Å². The van der Waals surface area contributed by atoms with Gasteiger partial charge in [0.15, 0.2) is 15.7 Å². The van der Waals surface area contributed by atoms with Gasteiger partial charge in [0.1, 0.15) is 28.1 Å². The van der Waals surface area contributed by atoms with E-state index >= 15 is 0 Å². The van der Waals surface area contributed by atoms with Gasteiger partial charge >= 0.3 is 6.18 Å². The SMILES string of the molecule is CCS(=O)(=O)c1cc(O[C@H]2C[C@H](OC)C2)cnc1-c1nc2cc(C(F)(F)F)ncc2n1C. The second-order valence-corrected chi connectivity index (χ2v) is 9.79. The molecule has 3 heterocycles. The quantitative estimate of drug-likeness (QED) is 0.545. The largest absolute Gasteiger partial charge is 0.489 e. The van der Waals surface area contributed by atoms with Gasteiger partial charge in [0, 0.05) is 33.1 Å². The first-order valence-corrected chi connectivity index (χ1v) is 11.5. The minimum absolute atomic E-state index is 0.0341. The van der Waals surface area contributed by atoms with Crippen molar-refractivity contribution in [2.45, 2.75) is 43.0 Å². The molecule has 32 heavy (non-hydrogen) atoms. The number of hydrogen-bond acceptors (Lipinski definition) is 7. The molecule has 0 N–H and O–H groups in total. The Labute approximate surface area is 182 Å². The van der Waals surface area contributed by atoms with E-state index in [-0.39, 0.29) is 39.9 Å². The lowest BCUT2D eigenvalue weighted by atomic mass is 9.92. The van der Waals surface area contributed by atoms with Gasteiger partial charge in [0.25, 0.3) is 0 Å². The Hall–Kier alpha value is -2.73.